The number of rotatable bonds is 8. The minimum absolute atomic E-state index is 0.0229. The van der Waals surface area contributed by atoms with E-state index in [1.807, 2.05) is 59.9 Å². The number of ketones is 1. The Morgan fingerprint density at radius 1 is 1.06 bits per heavy atom. The van der Waals surface area contributed by atoms with Crippen LogP contribution in [0, 0.1) is 0 Å². The van der Waals surface area contributed by atoms with Gasteiger partial charge in [-0.25, -0.2) is 0 Å². The van der Waals surface area contributed by atoms with Crippen LogP contribution in [0.25, 0.3) is 27.6 Å². The van der Waals surface area contributed by atoms with E-state index >= 15 is 0 Å². The van der Waals surface area contributed by atoms with Crippen molar-refractivity contribution in [3.05, 3.63) is 70.6 Å². The molecule has 3 aromatic heterocycles. The number of unbranched alkanes of at least 4 members (excludes halogenated alkanes) is 2. The maximum atomic E-state index is 13.3. The zero-order valence-electron chi connectivity index (χ0n) is 18.6. The molecule has 33 heavy (non-hydrogen) atoms. The maximum Gasteiger partial charge on any atom is 0.262 e. The van der Waals surface area contributed by atoms with Crippen LogP contribution in [-0.2, 0) is 6.54 Å². The molecule has 7 nitrogen and oxygen atoms in total. The predicted octanol–water partition coefficient (Wildman–Crippen LogP) is 5.08. The third-order valence-corrected chi connectivity index (χ3v) is 7.01. The highest BCUT2D eigenvalue weighted by atomic mass is 32.2. The number of Topliss-reactive ketones (excluding diaryl/α,β-unsaturated/α-hetero) is 1. The van der Waals surface area contributed by atoms with Gasteiger partial charge in [0.15, 0.2) is 10.9 Å². The van der Waals surface area contributed by atoms with Gasteiger partial charge in [0.25, 0.3) is 5.56 Å². The Labute approximate surface area is 194 Å². The number of nitrogens with zero attached hydrogens (tertiary/aromatic N) is 4. The van der Waals surface area contributed by atoms with E-state index in [4.69, 9.17) is 0 Å². The van der Waals surface area contributed by atoms with Gasteiger partial charge in [-0.2, -0.15) is 0 Å². The lowest BCUT2D eigenvalue weighted by Crippen LogP contribution is -2.23. The molecule has 0 spiro atoms. The Kier molecular flexibility index (Phi) is 5.76. The highest BCUT2D eigenvalue weighted by Gasteiger charge is 2.24. The number of carbonyl (C=O) groups is 1. The first-order chi connectivity index (χ1) is 16.1. The van der Waals surface area contributed by atoms with E-state index < -0.39 is 0 Å². The molecule has 0 radical (unpaired) electrons. The van der Waals surface area contributed by atoms with E-state index in [1.165, 1.54) is 11.8 Å². The van der Waals surface area contributed by atoms with Gasteiger partial charge in [0.1, 0.15) is 0 Å². The summed E-state index contributed by atoms with van der Waals surface area (Å²) in [6, 6.07) is 15.3. The number of para-hydroxylation sites is 2. The minimum atomic E-state index is -0.379. The predicted molar refractivity (Wildman–Crippen MR) is 132 cm³/mol. The highest BCUT2D eigenvalue weighted by Crippen LogP contribution is 2.29. The molecule has 0 saturated heterocycles. The van der Waals surface area contributed by atoms with Gasteiger partial charge in [0.2, 0.25) is 5.78 Å². The number of aromatic nitrogens is 5. The summed E-state index contributed by atoms with van der Waals surface area (Å²) in [5, 5.41) is 10.5. The van der Waals surface area contributed by atoms with Crippen LogP contribution in [0.3, 0.4) is 0 Å². The van der Waals surface area contributed by atoms with Crippen molar-refractivity contribution in [3.8, 4) is 0 Å². The molecule has 0 bridgehead atoms. The normalized spacial score (nSPS) is 12.7. The van der Waals surface area contributed by atoms with Crippen molar-refractivity contribution in [2.24, 2.45) is 0 Å². The standard InChI is InChI=1S/C25H25N5O2S/c1-3-4-9-14-29-23(32)18-11-6-8-13-21(18)30-24(29)27-28-25(30)33-16(2)22(31)19-15-26-20-12-7-5-10-17(19)20/h5-8,10-13,15-16,26H,3-4,9,14H2,1-2H3. The first kappa shape index (κ1) is 21.5. The van der Waals surface area contributed by atoms with Crippen LogP contribution in [0.5, 0.6) is 0 Å². The number of hydrogen-bond donors (Lipinski definition) is 1. The van der Waals surface area contributed by atoms with Crippen molar-refractivity contribution in [2.75, 3.05) is 0 Å². The molecule has 3 heterocycles. The second kappa shape index (κ2) is 8.86. The van der Waals surface area contributed by atoms with Crippen molar-refractivity contribution in [1.29, 1.82) is 0 Å². The second-order valence-electron chi connectivity index (χ2n) is 8.17. The molecule has 0 saturated carbocycles. The molecule has 2 aromatic carbocycles. The summed E-state index contributed by atoms with van der Waals surface area (Å²) in [4.78, 5) is 29.6. The summed E-state index contributed by atoms with van der Waals surface area (Å²) < 4.78 is 3.62. The van der Waals surface area contributed by atoms with Gasteiger partial charge >= 0.3 is 0 Å². The minimum Gasteiger partial charge on any atom is -0.360 e. The molecule has 1 atom stereocenters. The van der Waals surface area contributed by atoms with Crippen LogP contribution >= 0.6 is 11.8 Å². The SMILES string of the molecule is CCCCCn1c(=O)c2ccccc2n2c(SC(C)C(=O)c3c[nH]c4ccccc34)nnc12. The number of hydrogen-bond acceptors (Lipinski definition) is 5. The average Bonchev–Trinajstić information content (AvgIpc) is 3.45. The monoisotopic (exact) mass is 459 g/mol. The van der Waals surface area contributed by atoms with Gasteiger partial charge in [-0.1, -0.05) is 61.9 Å². The number of carbonyl (C=O) groups excluding carboxylic acids is 1. The smallest absolute Gasteiger partial charge is 0.262 e. The molecule has 168 valence electrons. The summed E-state index contributed by atoms with van der Waals surface area (Å²) in [5.74, 6) is 0.541. The number of aromatic amines is 1. The van der Waals surface area contributed by atoms with E-state index in [0.717, 1.165) is 35.7 Å². The highest BCUT2D eigenvalue weighted by molar-refractivity contribution is 8.00. The molecule has 0 fully saturated rings. The lowest BCUT2D eigenvalue weighted by Gasteiger charge is -2.12. The van der Waals surface area contributed by atoms with Crippen molar-refractivity contribution in [1.82, 2.24) is 24.1 Å². The molecule has 5 rings (SSSR count). The van der Waals surface area contributed by atoms with Crippen molar-refractivity contribution < 1.29 is 4.79 Å². The molecule has 0 aliphatic heterocycles. The number of nitrogens with one attached hydrogen (secondary N) is 1. The molecule has 0 aliphatic rings. The van der Waals surface area contributed by atoms with Crippen molar-refractivity contribution >= 4 is 45.1 Å². The number of aryl methyl sites for hydroxylation is 1. The molecule has 0 amide bonds. The fourth-order valence-corrected chi connectivity index (χ4v) is 5.16. The first-order valence-corrected chi connectivity index (χ1v) is 12.1. The number of fused-ring (bicyclic) bond motifs is 4. The summed E-state index contributed by atoms with van der Waals surface area (Å²) in [6.45, 7) is 4.61. The Hall–Kier alpha value is -3.39. The third kappa shape index (κ3) is 3.74. The van der Waals surface area contributed by atoms with Crippen molar-refractivity contribution in [2.45, 2.75) is 50.1 Å². The molecule has 1 unspecified atom stereocenters. The van der Waals surface area contributed by atoms with Crippen molar-refractivity contribution in [3.63, 3.8) is 0 Å². The molecule has 8 heteroatoms. The second-order valence-corrected chi connectivity index (χ2v) is 9.48. The molecule has 0 aliphatic carbocycles. The topological polar surface area (TPSA) is 85.0 Å². The van der Waals surface area contributed by atoms with E-state index in [0.29, 0.717) is 28.4 Å². The zero-order chi connectivity index (χ0) is 22.9. The van der Waals surface area contributed by atoms with Gasteiger partial charge in [0.05, 0.1) is 16.2 Å². The van der Waals surface area contributed by atoms with Gasteiger partial charge < -0.3 is 4.98 Å². The molecular formula is C25H25N5O2S. The Morgan fingerprint density at radius 3 is 2.64 bits per heavy atom. The molecule has 1 N–H and O–H groups in total. The fourth-order valence-electron chi connectivity index (χ4n) is 4.24. The summed E-state index contributed by atoms with van der Waals surface area (Å²) in [7, 11) is 0. The number of H-pyrrole nitrogens is 1. The number of thioether (sulfide) groups is 1. The third-order valence-electron chi connectivity index (χ3n) is 5.97. The molecule has 5 aromatic rings. The first-order valence-electron chi connectivity index (χ1n) is 11.2. The maximum absolute atomic E-state index is 13.3. The van der Waals surface area contributed by atoms with E-state index in [-0.39, 0.29) is 16.6 Å². The van der Waals surface area contributed by atoms with Crippen LogP contribution in [-0.4, -0.2) is 35.2 Å². The lowest BCUT2D eigenvalue weighted by atomic mass is 10.1. The fraction of sp³-hybridized carbons (Fsp3) is 0.280. The molecular weight excluding hydrogens is 434 g/mol. The Bertz CT molecular complexity index is 1530. The van der Waals surface area contributed by atoms with E-state index in [2.05, 4.69) is 22.1 Å². The zero-order valence-corrected chi connectivity index (χ0v) is 19.4. The van der Waals surface area contributed by atoms with Gasteiger partial charge in [-0.05, 0) is 31.5 Å². The Morgan fingerprint density at radius 2 is 1.82 bits per heavy atom. The van der Waals surface area contributed by atoms with E-state index in [1.54, 1.807) is 10.8 Å². The summed E-state index contributed by atoms with van der Waals surface area (Å²) >= 11 is 1.36. The summed E-state index contributed by atoms with van der Waals surface area (Å²) in [6.07, 6.45) is 4.78. The van der Waals surface area contributed by atoms with Gasteiger partial charge in [0, 0.05) is 29.2 Å². The van der Waals surface area contributed by atoms with E-state index in [9.17, 15) is 9.59 Å². The van der Waals surface area contributed by atoms with Crippen LogP contribution in [0.2, 0.25) is 0 Å². The van der Waals surface area contributed by atoms with Gasteiger partial charge in [-0.3, -0.25) is 18.6 Å². The Balaban J connectivity index is 1.56. The lowest BCUT2D eigenvalue weighted by molar-refractivity contribution is 0.0995. The van der Waals surface area contributed by atoms with Gasteiger partial charge in [-0.15, -0.1) is 10.2 Å². The van der Waals surface area contributed by atoms with Crippen LogP contribution < -0.4 is 5.56 Å². The van der Waals surface area contributed by atoms with Crippen LogP contribution in [0.1, 0.15) is 43.5 Å². The average molecular weight is 460 g/mol. The van der Waals surface area contributed by atoms with Crippen LogP contribution in [0.4, 0.5) is 0 Å². The summed E-state index contributed by atoms with van der Waals surface area (Å²) in [5.41, 5.74) is 2.30. The number of benzene rings is 2. The van der Waals surface area contributed by atoms with Crippen LogP contribution in [0.15, 0.2) is 64.7 Å². The largest absolute Gasteiger partial charge is 0.360 e. The quantitative estimate of drug-likeness (QED) is 0.199.